The van der Waals surface area contributed by atoms with Crippen LogP contribution in [0.2, 0.25) is 0 Å². The maximum atomic E-state index is 11.6. The third-order valence-electron chi connectivity index (χ3n) is 2.10. The first-order valence-electron chi connectivity index (χ1n) is 4.90. The van der Waals surface area contributed by atoms with Gasteiger partial charge in [0.05, 0.1) is 5.69 Å². The first-order valence-corrected chi connectivity index (χ1v) is 4.90. The Balaban J connectivity index is 0.00000256. The lowest BCUT2D eigenvalue weighted by molar-refractivity contribution is 0.0994. The molecule has 0 aliphatic heterocycles. The van der Waals surface area contributed by atoms with E-state index in [1.54, 1.807) is 13.1 Å². The minimum Gasteiger partial charge on any atom is -0.370 e. The van der Waals surface area contributed by atoms with Gasteiger partial charge >= 0.3 is 0 Å². The van der Waals surface area contributed by atoms with Gasteiger partial charge in [0.1, 0.15) is 5.69 Å². The van der Waals surface area contributed by atoms with Crippen molar-refractivity contribution in [3.05, 3.63) is 17.5 Å². The first-order chi connectivity index (χ1) is 7.21. The molecule has 17 heavy (non-hydrogen) atoms. The van der Waals surface area contributed by atoms with Crippen LogP contribution in [0.4, 0.5) is 0 Å². The Morgan fingerprint density at radius 1 is 1.41 bits per heavy atom. The van der Waals surface area contributed by atoms with Crippen LogP contribution in [0.25, 0.3) is 0 Å². The number of guanidine groups is 1. The van der Waals surface area contributed by atoms with Gasteiger partial charge < -0.3 is 11.5 Å². The van der Waals surface area contributed by atoms with E-state index in [1.807, 2.05) is 20.8 Å². The summed E-state index contributed by atoms with van der Waals surface area (Å²) in [5, 5.41) is 4.26. The molecule has 1 rings (SSSR count). The number of amides is 1. The number of carbonyl (C=O) groups excluding carboxylic acids is 1. The number of carbonyl (C=O) groups is 1. The normalized spacial score (nSPS) is 10.6. The lowest BCUT2D eigenvalue weighted by atomic mass is 9.92. The Hall–Kier alpha value is -1.56. The van der Waals surface area contributed by atoms with Gasteiger partial charge in [-0.3, -0.25) is 9.48 Å². The second kappa shape index (κ2) is 5.18. The largest absolute Gasteiger partial charge is 0.370 e. The van der Waals surface area contributed by atoms with E-state index >= 15 is 0 Å². The van der Waals surface area contributed by atoms with Gasteiger partial charge in [-0.25, -0.2) is 0 Å². The molecule has 6 nitrogen and oxygen atoms in total. The van der Waals surface area contributed by atoms with Crippen LogP contribution >= 0.6 is 12.4 Å². The fourth-order valence-corrected chi connectivity index (χ4v) is 1.21. The average Bonchev–Trinajstić information content (AvgIpc) is 2.44. The van der Waals surface area contributed by atoms with Gasteiger partial charge in [-0.15, -0.1) is 12.4 Å². The van der Waals surface area contributed by atoms with Crippen LogP contribution < -0.4 is 11.5 Å². The van der Waals surface area contributed by atoms with E-state index in [0.29, 0.717) is 5.69 Å². The Kier molecular flexibility index (Phi) is 4.70. The highest BCUT2D eigenvalue weighted by atomic mass is 35.5. The fourth-order valence-electron chi connectivity index (χ4n) is 1.21. The molecule has 1 aromatic heterocycles. The molecule has 0 aromatic carbocycles. The predicted octanol–water partition coefficient (Wildman–Crippen LogP) is 0.553. The summed E-state index contributed by atoms with van der Waals surface area (Å²) in [4.78, 5) is 15.1. The van der Waals surface area contributed by atoms with Crippen molar-refractivity contribution >= 4 is 24.3 Å². The summed E-state index contributed by atoms with van der Waals surface area (Å²) in [6, 6.07) is 1.70. The summed E-state index contributed by atoms with van der Waals surface area (Å²) in [6.45, 7) is 6.05. The zero-order valence-corrected chi connectivity index (χ0v) is 11.2. The van der Waals surface area contributed by atoms with Crippen molar-refractivity contribution in [1.82, 2.24) is 9.78 Å². The quantitative estimate of drug-likeness (QED) is 0.568. The van der Waals surface area contributed by atoms with Gasteiger partial charge in [0, 0.05) is 12.5 Å². The number of nitrogens with zero attached hydrogens (tertiary/aromatic N) is 3. The minimum atomic E-state index is -0.481. The zero-order valence-electron chi connectivity index (χ0n) is 10.4. The lowest BCUT2D eigenvalue weighted by Crippen LogP contribution is -2.24. The number of nitrogens with two attached hydrogens (primary N) is 2. The fraction of sp³-hybridized carbons (Fsp3) is 0.500. The number of halogens is 1. The van der Waals surface area contributed by atoms with Gasteiger partial charge in [0.15, 0.2) is 5.96 Å². The van der Waals surface area contributed by atoms with E-state index in [4.69, 9.17) is 11.5 Å². The molecule has 0 spiro atoms. The van der Waals surface area contributed by atoms with Crippen LogP contribution in [0.1, 0.15) is 37.0 Å². The van der Waals surface area contributed by atoms with Crippen LogP contribution in [-0.4, -0.2) is 21.6 Å². The number of aliphatic imine (C=N–C) groups is 1. The molecule has 0 aliphatic rings. The lowest BCUT2D eigenvalue weighted by Gasteiger charge is -2.13. The summed E-state index contributed by atoms with van der Waals surface area (Å²) in [5.41, 5.74) is 11.4. The van der Waals surface area contributed by atoms with E-state index in [2.05, 4.69) is 10.1 Å². The van der Waals surface area contributed by atoms with Crippen LogP contribution in [0.3, 0.4) is 0 Å². The molecule has 0 atom stereocenters. The Morgan fingerprint density at radius 3 is 2.29 bits per heavy atom. The number of aryl methyl sites for hydroxylation is 1. The minimum absolute atomic E-state index is 0. The molecule has 4 N–H and O–H groups in total. The van der Waals surface area contributed by atoms with Crippen molar-refractivity contribution in [2.75, 3.05) is 0 Å². The van der Waals surface area contributed by atoms with Gasteiger partial charge in [-0.1, -0.05) is 20.8 Å². The van der Waals surface area contributed by atoms with Crippen molar-refractivity contribution in [3.8, 4) is 0 Å². The predicted molar refractivity (Wildman–Crippen MR) is 69.3 cm³/mol. The molecule has 0 fully saturated rings. The number of aromatic nitrogens is 2. The average molecular weight is 260 g/mol. The van der Waals surface area contributed by atoms with Gasteiger partial charge in [0.25, 0.3) is 5.91 Å². The molecular weight excluding hydrogens is 242 g/mol. The summed E-state index contributed by atoms with van der Waals surface area (Å²) in [6.07, 6.45) is 0. The summed E-state index contributed by atoms with van der Waals surface area (Å²) in [7, 11) is 1.69. The molecular formula is C10H18ClN5O. The van der Waals surface area contributed by atoms with E-state index in [1.165, 1.54) is 4.68 Å². The van der Waals surface area contributed by atoms with Crippen molar-refractivity contribution in [1.29, 1.82) is 0 Å². The molecule has 0 saturated carbocycles. The molecule has 1 heterocycles. The molecule has 0 bridgehead atoms. The Bertz CT molecular complexity index is 440. The van der Waals surface area contributed by atoms with Gasteiger partial charge in [0.2, 0.25) is 0 Å². The number of rotatable bonds is 1. The van der Waals surface area contributed by atoms with E-state index < -0.39 is 5.91 Å². The Labute approximate surface area is 106 Å². The van der Waals surface area contributed by atoms with Crippen LogP contribution in [0.15, 0.2) is 11.1 Å². The van der Waals surface area contributed by atoms with Crippen LogP contribution in [0, 0.1) is 0 Å². The number of hydrogen-bond donors (Lipinski definition) is 2. The second-order valence-electron chi connectivity index (χ2n) is 4.63. The maximum Gasteiger partial charge on any atom is 0.298 e. The molecule has 7 heteroatoms. The van der Waals surface area contributed by atoms with Gasteiger partial charge in [-0.2, -0.15) is 10.1 Å². The van der Waals surface area contributed by atoms with Gasteiger partial charge in [-0.05, 0) is 6.07 Å². The zero-order chi connectivity index (χ0) is 12.5. The van der Waals surface area contributed by atoms with Crippen LogP contribution in [-0.2, 0) is 12.5 Å². The standard InChI is InChI=1S/C10H17N5O.ClH/c1-10(2,3)7-5-6(15(4)14-7)8(16)13-9(11)12;/h5H,1-4H3,(H4,11,12,13,16);1H. The smallest absolute Gasteiger partial charge is 0.298 e. The van der Waals surface area contributed by atoms with E-state index in [-0.39, 0.29) is 23.8 Å². The highest BCUT2D eigenvalue weighted by Gasteiger charge is 2.21. The molecule has 0 radical (unpaired) electrons. The third kappa shape index (κ3) is 3.74. The van der Waals surface area contributed by atoms with Crippen molar-refractivity contribution in [3.63, 3.8) is 0 Å². The van der Waals surface area contributed by atoms with Crippen molar-refractivity contribution in [2.45, 2.75) is 26.2 Å². The molecule has 1 aromatic rings. The molecule has 0 unspecified atom stereocenters. The topological polar surface area (TPSA) is 99.3 Å². The summed E-state index contributed by atoms with van der Waals surface area (Å²) >= 11 is 0. The monoisotopic (exact) mass is 259 g/mol. The summed E-state index contributed by atoms with van der Waals surface area (Å²) < 4.78 is 1.48. The highest BCUT2D eigenvalue weighted by molar-refractivity contribution is 6.00. The molecule has 0 aliphatic carbocycles. The Morgan fingerprint density at radius 2 is 1.94 bits per heavy atom. The van der Waals surface area contributed by atoms with E-state index in [0.717, 1.165) is 5.69 Å². The van der Waals surface area contributed by atoms with Crippen molar-refractivity contribution < 1.29 is 4.79 Å². The second-order valence-corrected chi connectivity index (χ2v) is 4.63. The summed E-state index contributed by atoms with van der Waals surface area (Å²) in [5.74, 6) is -0.728. The molecule has 0 saturated heterocycles. The number of hydrogen-bond acceptors (Lipinski definition) is 2. The first kappa shape index (κ1) is 15.4. The SMILES string of the molecule is Cl.Cn1nc(C(C)(C)C)cc1C(=O)N=C(N)N. The molecule has 1 amide bonds. The van der Waals surface area contributed by atoms with Crippen LogP contribution in [0.5, 0.6) is 0 Å². The molecule has 96 valence electrons. The third-order valence-corrected chi connectivity index (χ3v) is 2.10. The van der Waals surface area contributed by atoms with Crippen molar-refractivity contribution in [2.24, 2.45) is 23.5 Å². The highest BCUT2D eigenvalue weighted by Crippen LogP contribution is 2.21. The maximum absolute atomic E-state index is 11.6. The van der Waals surface area contributed by atoms with E-state index in [9.17, 15) is 4.79 Å².